The van der Waals surface area contributed by atoms with E-state index in [4.69, 9.17) is 5.73 Å². The zero-order chi connectivity index (χ0) is 26.9. The number of benzene rings is 2. The van der Waals surface area contributed by atoms with Crippen molar-refractivity contribution in [2.24, 2.45) is 5.73 Å². The first kappa shape index (κ1) is 27.4. The van der Waals surface area contributed by atoms with Gasteiger partial charge < -0.3 is 15.5 Å². The van der Waals surface area contributed by atoms with Crippen LogP contribution in [0.1, 0.15) is 66.6 Å². The van der Waals surface area contributed by atoms with Crippen molar-refractivity contribution in [2.75, 3.05) is 32.7 Å². The van der Waals surface area contributed by atoms with Crippen LogP contribution in [0, 0.1) is 5.82 Å². The third kappa shape index (κ3) is 6.83. The minimum Gasteiger partial charge on any atom is -0.339 e. The fourth-order valence-corrected chi connectivity index (χ4v) is 4.96. The third-order valence-electron chi connectivity index (χ3n) is 7.17. The molecular formula is C29H36FN5O3. The summed E-state index contributed by atoms with van der Waals surface area (Å²) in [5.74, 6) is -0.843. The summed E-state index contributed by atoms with van der Waals surface area (Å²) in [6.07, 6.45) is 7.25. The summed E-state index contributed by atoms with van der Waals surface area (Å²) in [7, 11) is 0. The van der Waals surface area contributed by atoms with E-state index in [-0.39, 0.29) is 22.9 Å². The Kier molecular flexibility index (Phi) is 9.59. The van der Waals surface area contributed by atoms with Gasteiger partial charge in [-0.15, -0.1) is 0 Å². The molecule has 2 amide bonds. The van der Waals surface area contributed by atoms with Gasteiger partial charge in [-0.1, -0.05) is 49.9 Å². The van der Waals surface area contributed by atoms with Crippen LogP contribution in [0.15, 0.2) is 47.3 Å². The predicted molar refractivity (Wildman–Crippen MR) is 145 cm³/mol. The summed E-state index contributed by atoms with van der Waals surface area (Å²) in [6, 6.07) is 11.7. The van der Waals surface area contributed by atoms with Crippen LogP contribution in [0.4, 0.5) is 4.39 Å². The molecular weight excluding hydrogens is 485 g/mol. The molecule has 2 aromatic carbocycles. The molecule has 3 aromatic rings. The van der Waals surface area contributed by atoms with E-state index in [0.717, 1.165) is 56.0 Å². The van der Waals surface area contributed by atoms with Crippen LogP contribution in [0.3, 0.4) is 0 Å². The van der Waals surface area contributed by atoms with Crippen molar-refractivity contribution in [2.45, 2.75) is 51.4 Å². The Balaban J connectivity index is 1.32. The van der Waals surface area contributed by atoms with Gasteiger partial charge in [-0.25, -0.2) is 9.49 Å². The van der Waals surface area contributed by atoms with Crippen molar-refractivity contribution in [3.8, 4) is 0 Å². The average Bonchev–Trinajstić information content (AvgIpc) is 2.95. The van der Waals surface area contributed by atoms with Crippen LogP contribution < -0.4 is 11.3 Å². The molecule has 0 unspecified atom stereocenters. The number of hydrogen-bond donors (Lipinski definition) is 2. The number of aromatic amines is 1. The number of hydrogen-bond acceptors (Lipinski definition) is 5. The fraction of sp³-hybridized carbons (Fsp3) is 0.448. The topological polar surface area (TPSA) is 112 Å². The second kappa shape index (κ2) is 13.3. The molecule has 0 radical (unpaired) electrons. The highest BCUT2D eigenvalue weighted by Gasteiger charge is 2.26. The lowest BCUT2D eigenvalue weighted by Crippen LogP contribution is -2.50. The van der Waals surface area contributed by atoms with E-state index in [9.17, 15) is 18.8 Å². The SMILES string of the molecule is NCCCCCCCCC(=O)N1CCN(C(=O)c2cc(Cc3n[nH]c(=O)c4ccccc34)ccc2F)CC1. The minimum absolute atomic E-state index is 0.00522. The molecule has 1 fully saturated rings. The Morgan fingerprint density at radius 2 is 1.55 bits per heavy atom. The lowest BCUT2D eigenvalue weighted by molar-refractivity contribution is -0.132. The highest BCUT2D eigenvalue weighted by atomic mass is 19.1. The van der Waals surface area contributed by atoms with E-state index in [0.29, 0.717) is 50.1 Å². The van der Waals surface area contributed by atoms with Crippen molar-refractivity contribution >= 4 is 22.6 Å². The van der Waals surface area contributed by atoms with Gasteiger partial charge in [0.2, 0.25) is 5.91 Å². The van der Waals surface area contributed by atoms with Crippen LogP contribution in [-0.2, 0) is 11.2 Å². The molecule has 8 nitrogen and oxygen atoms in total. The maximum atomic E-state index is 14.7. The molecule has 0 atom stereocenters. The van der Waals surface area contributed by atoms with E-state index in [1.807, 2.05) is 12.1 Å². The predicted octanol–water partition coefficient (Wildman–Crippen LogP) is 3.63. The molecule has 1 aliphatic heterocycles. The van der Waals surface area contributed by atoms with E-state index in [2.05, 4.69) is 10.2 Å². The summed E-state index contributed by atoms with van der Waals surface area (Å²) in [4.78, 5) is 41.3. The van der Waals surface area contributed by atoms with Gasteiger partial charge >= 0.3 is 0 Å². The molecule has 9 heteroatoms. The smallest absolute Gasteiger partial charge is 0.272 e. The maximum Gasteiger partial charge on any atom is 0.272 e. The molecule has 202 valence electrons. The summed E-state index contributed by atoms with van der Waals surface area (Å²) in [5.41, 5.74) is 6.61. The van der Waals surface area contributed by atoms with E-state index >= 15 is 0 Å². The monoisotopic (exact) mass is 521 g/mol. The molecule has 1 saturated heterocycles. The molecule has 1 aliphatic rings. The zero-order valence-electron chi connectivity index (χ0n) is 21.8. The van der Waals surface area contributed by atoms with Gasteiger partial charge in [-0.05, 0) is 43.1 Å². The number of carbonyl (C=O) groups excluding carboxylic acids is 2. The van der Waals surface area contributed by atoms with Crippen LogP contribution >= 0.6 is 0 Å². The zero-order valence-corrected chi connectivity index (χ0v) is 21.8. The molecule has 0 bridgehead atoms. The highest BCUT2D eigenvalue weighted by molar-refractivity contribution is 5.95. The van der Waals surface area contributed by atoms with E-state index in [1.165, 1.54) is 6.07 Å². The molecule has 3 N–H and O–H groups in total. The Labute approximate surface area is 222 Å². The summed E-state index contributed by atoms with van der Waals surface area (Å²) >= 11 is 0. The number of piperazine rings is 1. The van der Waals surface area contributed by atoms with Crippen molar-refractivity contribution in [1.82, 2.24) is 20.0 Å². The Hall–Kier alpha value is -3.59. The van der Waals surface area contributed by atoms with Gasteiger partial charge in [0.15, 0.2) is 0 Å². The Morgan fingerprint density at radius 3 is 2.29 bits per heavy atom. The molecule has 2 heterocycles. The number of unbranched alkanes of at least 4 members (excludes halogenated alkanes) is 5. The van der Waals surface area contributed by atoms with Gasteiger partial charge in [-0.2, -0.15) is 5.10 Å². The van der Waals surface area contributed by atoms with Crippen molar-refractivity contribution < 1.29 is 14.0 Å². The van der Waals surface area contributed by atoms with Crippen LogP contribution in [-0.4, -0.2) is 64.5 Å². The van der Waals surface area contributed by atoms with E-state index < -0.39 is 5.82 Å². The first-order chi connectivity index (χ1) is 18.5. The summed E-state index contributed by atoms with van der Waals surface area (Å²) in [6.45, 7) is 2.39. The minimum atomic E-state index is -0.581. The number of halogens is 1. The Morgan fingerprint density at radius 1 is 0.895 bits per heavy atom. The highest BCUT2D eigenvalue weighted by Crippen LogP contribution is 2.20. The number of amides is 2. The Bertz CT molecular complexity index is 1320. The van der Waals surface area contributed by atoms with Crippen molar-refractivity contribution in [3.63, 3.8) is 0 Å². The summed E-state index contributed by atoms with van der Waals surface area (Å²) in [5, 5.41) is 7.96. The standard InChI is InChI=1S/C29H36FN5O3/c30-25-13-12-21(20-26-22-9-6-7-10-23(22)28(37)33-32-26)19-24(25)29(38)35-17-15-34(16-18-35)27(36)11-5-3-1-2-4-8-14-31/h6-7,9-10,12-13,19H,1-5,8,11,14-18,20,31H2,(H,33,37). The van der Waals surface area contributed by atoms with Crippen molar-refractivity contribution in [1.29, 1.82) is 0 Å². The van der Waals surface area contributed by atoms with Gasteiger partial charge in [0.25, 0.3) is 11.5 Å². The number of fused-ring (bicyclic) bond motifs is 1. The molecule has 4 rings (SSSR count). The number of rotatable bonds is 11. The molecule has 1 aromatic heterocycles. The summed E-state index contributed by atoms with van der Waals surface area (Å²) < 4.78 is 14.7. The molecule has 38 heavy (non-hydrogen) atoms. The van der Waals surface area contributed by atoms with Crippen LogP contribution in [0.5, 0.6) is 0 Å². The normalized spacial score (nSPS) is 13.7. The van der Waals surface area contributed by atoms with Gasteiger partial charge in [0, 0.05) is 44.4 Å². The lowest BCUT2D eigenvalue weighted by atomic mass is 10.0. The van der Waals surface area contributed by atoms with Crippen LogP contribution in [0.2, 0.25) is 0 Å². The van der Waals surface area contributed by atoms with E-state index in [1.54, 1.807) is 34.1 Å². The number of carbonyl (C=O) groups is 2. The number of nitrogens with one attached hydrogen (secondary N) is 1. The largest absolute Gasteiger partial charge is 0.339 e. The average molecular weight is 522 g/mol. The first-order valence-corrected chi connectivity index (χ1v) is 13.5. The maximum absolute atomic E-state index is 14.7. The van der Waals surface area contributed by atoms with Gasteiger partial charge in [-0.3, -0.25) is 14.4 Å². The molecule has 0 aliphatic carbocycles. The fourth-order valence-electron chi connectivity index (χ4n) is 4.96. The molecule has 0 saturated carbocycles. The lowest BCUT2D eigenvalue weighted by Gasteiger charge is -2.35. The number of H-pyrrole nitrogens is 1. The van der Waals surface area contributed by atoms with Crippen LogP contribution in [0.25, 0.3) is 10.8 Å². The number of aromatic nitrogens is 2. The van der Waals surface area contributed by atoms with Gasteiger partial charge in [0.05, 0.1) is 16.6 Å². The quantitative estimate of drug-likeness (QED) is 0.374. The van der Waals surface area contributed by atoms with Gasteiger partial charge in [0.1, 0.15) is 5.82 Å². The first-order valence-electron chi connectivity index (χ1n) is 13.5. The number of nitrogens with two attached hydrogens (primary N) is 1. The number of nitrogens with zero attached hydrogens (tertiary/aromatic N) is 3. The second-order valence-corrected chi connectivity index (χ2v) is 9.87. The second-order valence-electron chi connectivity index (χ2n) is 9.87. The molecule has 0 spiro atoms. The third-order valence-corrected chi connectivity index (χ3v) is 7.17. The van der Waals surface area contributed by atoms with Crippen molar-refractivity contribution in [3.05, 3.63) is 75.5 Å².